The second kappa shape index (κ2) is 3.57. The summed E-state index contributed by atoms with van der Waals surface area (Å²) in [5, 5.41) is 0.206. The molecule has 0 atom stereocenters. The Balaban J connectivity index is 3.04. The van der Waals surface area contributed by atoms with Gasteiger partial charge < -0.3 is 10.5 Å². The molecule has 1 aromatic carbocycles. The van der Waals surface area contributed by atoms with E-state index in [0.29, 0.717) is 0 Å². The van der Waals surface area contributed by atoms with E-state index in [-0.39, 0.29) is 22.0 Å². The molecule has 1 rings (SSSR count). The summed E-state index contributed by atoms with van der Waals surface area (Å²) in [7, 11) is 0. The third kappa shape index (κ3) is 2.70. The number of alkyl halides is 3. The summed E-state index contributed by atoms with van der Waals surface area (Å²) < 4.78 is 39.3. The van der Waals surface area contributed by atoms with Crippen LogP contribution in [0.25, 0.3) is 0 Å². The Hall–Kier alpha value is -1.10. The molecule has 0 saturated heterocycles. The third-order valence-corrected chi connectivity index (χ3v) is 1.85. The van der Waals surface area contributed by atoms with Crippen molar-refractivity contribution in [2.75, 3.05) is 5.73 Å². The highest BCUT2D eigenvalue weighted by molar-refractivity contribution is 6.33. The Morgan fingerprint density at radius 2 is 1.93 bits per heavy atom. The van der Waals surface area contributed by atoms with Crippen LogP contribution in [0.4, 0.5) is 18.9 Å². The quantitative estimate of drug-likeness (QED) is 0.746. The van der Waals surface area contributed by atoms with Crippen LogP contribution < -0.4 is 10.5 Å². The molecule has 0 aliphatic rings. The number of anilines is 1. The molecule has 0 aromatic heterocycles. The van der Waals surface area contributed by atoms with Gasteiger partial charge in [-0.2, -0.15) is 0 Å². The van der Waals surface area contributed by atoms with Crippen LogP contribution in [0.1, 0.15) is 5.56 Å². The van der Waals surface area contributed by atoms with E-state index in [4.69, 9.17) is 17.3 Å². The topological polar surface area (TPSA) is 35.2 Å². The van der Waals surface area contributed by atoms with Gasteiger partial charge in [0.05, 0.1) is 10.7 Å². The first-order chi connectivity index (χ1) is 6.29. The number of hydrogen-bond acceptors (Lipinski definition) is 2. The zero-order chi connectivity index (χ0) is 10.9. The first-order valence-corrected chi connectivity index (χ1v) is 3.99. The zero-order valence-electron chi connectivity index (χ0n) is 7.15. The fourth-order valence-corrected chi connectivity index (χ4v) is 1.12. The molecule has 0 unspecified atom stereocenters. The summed E-state index contributed by atoms with van der Waals surface area (Å²) in [6.07, 6.45) is -4.72. The zero-order valence-corrected chi connectivity index (χ0v) is 7.91. The smallest absolute Gasteiger partial charge is 0.405 e. The molecule has 0 bridgehead atoms. The van der Waals surface area contributed by atoms with Crippen LogP contribution in [0.3, 0.4) is 0 Å². The van der Waals surface area contributed by atoms with Crippen LogP contribution >= 0.6 is 11.6 Å². The van der Waals surface area contributed by atoms with Crippen molar-refractivity contribution >= 4 is 17.3 Å². The van der Waals surface area contributed by atoms with Gasteiger partial charge in [-0.15, -0.1) is 13.2 Å². The second-order valence-electron chi connectivity index (χ2n) is 2.69. The van der Waals surface area contributed by atoms with Crippen LogP contribution in [0.5, 0.6) is 5.75 Å². The molecule has 0 amide bonds. The van der Waals surface area contributed by atoms with Crippen molar-refractivity contribution in [3.05, 3.63) is 22.7 Å². The maximum absolute atomic E-state index is 11.9. The fourth-order valence-electron chi connectivity index (χ4n) is 0.903. The highest BCUT2D eigenvalue weighted by Gasteiger charge is 2.31. The first-order valence-electron chi connectivity index (χ1n) is 3.61. The summed E-state index contributed by atoms with van der Waals surface area (Å²) in [6.45, 7) is 1.45. The second-order valence-corrected chi connectivity index (χ2v) is 3.09. The van der Waals surface area contributed by atoms with Crippen molar-refractivity contribution in [3.8, 4) is 5.75 Å². The van der Waals surface area contributed by atoms with E-state index in [1.165, 1.54) is 13.0 Å². The van der Waals surface area contributed by atoms with Crippen molar-refractivity contribution in [1.82, 2.24) is 0 Å². The SMILES string of the molecule is Cc1cc(Cl)c(N)cc1OC(F)(F)F. The predicted molar refractivity (Wildman–Crippen MR) is 47.3 cm³/mol. The summed E-state index contributed by atoms with van der Waals surface area (Å²) in [5.41, 5.74) is 5.66. The largest absolute Gasteiger partial charge is 0.573 e. The number of benzene rings is 1. The predicted octanol–water partition coefficient (Wildman–Crippen LogP) is 3.13. The molecule has 14 heavy (non-hydrogen) atoms. The summed E-state index contributed by atoms with van der Waals surface area (Å²) in [4.78, 5) is 0. The maximum Gasteiger partial charge on any atom is 0.573 e. The van der Waals surface area contributed by atoms with Gasteiger partial charge in [0.15, 0.2) is 0 Å². The lowest BCUT2D eigenvalue weighted by Crippen LogP contribution is -2.17. The lowest BCUT2D eigenvalue weighted by molar-refractivity contribution is -0.274. The normalized spacial score (nSPS) is 11.5. The highest BCUT2D eigenvalue weighted by atomic mass is 35.5. The van der Waals surface area contributed by atoms with Crippen LogP contribution in [0, 0.1) is 6.92 Å². The van der Waals surface area contributed by atoms with E-state index in [2.05, 4.69) is 4.74 Å². The van der Waals surface area contributed by atoms with Crippen molar-refractivity contribution in [1.29, 1.82) is 0 Å². The monoisotopic (exact) mass is 225 g/mol. The van der Waals surface area contributed by atoms with Gasteiger partial charge in [-0.3, -0.25) is 0 Å². The van der Waals surface area contributed by atoms with Crippen LogP contribution in [0.15, 0.2) is 12.1 Å². The molecule has 0 aliphatic heterocycles. The molecule has 0 radical (unpaired) electrons. The van der Waals surface area contributed by atoms with Gasteiger partial charge >= 0.3 is 6.36 Å². The molecule has 0 saturated carbocycles. The number of aryl methyl sites for hydroxylation is 1. The first kappa shape index (κ1) is 11.0. The van der Waals surface area contributed by atoms with Crippen molar-refractivity contribution in [2.45, 2.75) is 13.3 Å². The standard InChI is InChI=1S/C8H7ClF3NO/c1-4-2-5(9)6(13)3-7(4)14-8(10,11)12/h2-3H,13H2,1H3. The number of ether oxygens (including phenoxy) is 1. The van der Waals surface area contributed by atoms with Gasteiger partial charge in [0.1, 0.15) is 5.75 Å². The van der Waals surface area contributed by atoms with Crippen LogP contribution in [-0.2, 0) is 0 Å². The van der Waals surface area contributed by atoms with Crippen molar-refractivity contribution in [3.63, 3.8) is 0 Å². The third-order valence-electron chi connectivity index (χ3n) is 1.52. The minimum atomic E-state index is -4.72. The Morgan fingerprint density at radius 3 is 2.43 bits per heavy atom. The molecule has 0 aliphatic carbocycles. The van der Waals surface area contributed by atoms with Gasteiger partial charge in [0.25, 0.3) is 0 Å². The highest BCUT2D eigenvalue weighted by Crippen LogP contribution is 2.31. The van der Waals surface area contributed by atoms with Crippen molar-refractivity contribution in [2.24, 2.45) is 0 Å². The van der Waals surface area contributed by atoms with E-state index in [1.807, 2.05) is 0 Å². The Kier molecular flexibility index (Phi) is 2.80. The minimum Gasteiger partial charge on any atom is -0.405 e. The molecular weight excluding hydrogens is 219 g/mol. The summed E-state index contributed by atoms with van der Waals surface area (Å²) in [6, 6.07) is 2.36. The molecule has 0 spiro atoms. The number of halogens is 4. The van der Waals surface area contributed by atoms with Crippen LogP contribution in [0.2, 0.25) is 5.02 Å². The Bertz CT molecular complexity index is 351. The van der Waals surface area contributed by atoms with E-state index in [9.17, 15) is 13.2 Å². The number of nitrogen functional groups attached to an aromatic ring is 1. The van der Waals surface area contributed by atoms with E-state index in [0.717, 1.165) is 6.07 Å². The number of nitrogens with two attached hydrogens (primary N) is 1. The summed E-state index contributed by atoms with van der Waals surface area (Å²) in [5.74, 6) is -0.334. The molecule has 1 aromatic rings. The van der Waals surface area contributed by atoms with Gasteiger partial charge in [0, 0.05) is 6.07 Å². The molecule has 6 heteroatoms. The number of hydrogen-bond donors (Lipinski definition) is 1. The van der Waals surface area contributed by atoms with Gasteiger partial charge in [0.2, 0.25) is 0 Å². The number of rotatable bonds is 1. The Morgan fingerprint density at radius 1 is 1.36 bits per heavy atom. The molecule has 2 N–H and O–H groups in total. The van der Waals surface area contributed by atoms with Gasteiger partial charge in [-0.05, 0) is 18.6 Å². The average Bonchev–Trinajstić information content (AvgIpc) is 1.97. The van der Waals surface area contributed by atoms with Crippen LogP contribution in [-0.4, -0.2) is 6.36 Å². The fraction of sp³-hybridized carbons (Fsp3) is 0.250. The molecule has 2 nitrogen and oxygen atoms in total. The van der Waals surface area contributed by atoms with E-state index in [1.54, 1.807) is 0 Å². The average molecular weight is 226 g/mol. The van der Waals surface area contributed by atoms with Gasteiger partial charge in [-0.1, -0.05) is 11.6 Å². The Labute approximate surface area is 83.4 Å². The minimum absolute atomic E-state index is 0.0523. The molecule has 0 fully saturated rings. The van der Waals surface area contributed by atoms with E-state index < -0.39 is 6.36 Å². The molecular formula is C8H7ClF3NO. The van der Waals surface area contributed by atoms with Gasteiger partial charge in [-0.25, -0.2) is 0 Å². The lowest BCUT2D eigenvalue weighted by atomic mass is 10.2. The molecule has 78 valence electrons. The maximum atomic E-state index is 11.9. The lowest BCUT2D eigenvalue weighted by Gasteiger charge is -2.12. The summed E-state index contributed by atoms with van der Waals surface area (Å²) >= 11 is 5.60. The van der Waals surface area contributed by atoms with E-state index >= 15 is 0 Å². The molecule has 0 heterocycles. The van der Waals surface area contributed by atoms with Crippen molar-refractivity contribution < 1.29 is 17.9 Å².